The lowest BCUT2D eigenvalue weighted by molar-refractivity contribution is 0.0961. The summed E-state index contributed by atoms with van der Waals surface area (Å²) in [6, 6.07) is 17.9. The van der Waals surface area contributed by atoms with E-state index in [9.17, 15) is 4.79 Å². The molecule has 1 heterocycles. The first-order chi connectivity index (χ1) is 12.7. The minimum atomic E-state index is 0.152. The van der Waals surface area contributed by atoms with Gasteiger partial charge in [-0.1, -0.05) is 42.3 Å². The highest BCUT2D eigenvalue weighted by molar-refractivity contribution is 6.07. The van der Waals surface area contributed by atoms with Gasteiger partial charge in [0.2, 0.25) is 0 Å². The minimum absolute atomic E-state index is 0.152. The second kappa shape index (κ2) is 6.24. The van der Waals surface area contributed by atoms with Crippen LogP contribution in [0.3, 0.4) is 0 Å². The quantitative estimate of drug-likeness (QED) is 0.880. The molecular formula is C23H26N2O. The van der Waals surface area contributed by atoms with Crippen molar-refractivity contribution in [3.8, 4) is 0 Å². The van der Waals surface area contributed by atoms with Crippen LogP contribution >= 0.6 is 0 Å². The summed E-state index contributed by atoms with van der Waals surface area (Å²) >= 11 is 0. The van der Waals surface area contributed by atoms with Gasteiger partial charge in [-0.15, -0.1) is 0 Å². The van der Waals surface area contributed by atoms with Crippen molar-refractivity contribution in [3.05, 3.63) is 65.2 Å². The molecule has 134 valence electrons. The number of benzene rings is 2. The van der Waals surface area contributed by atoms with Crippen molar-refractivity contribution in [2.45, 2.75) is 57.2 Å². The topological polar surface area (TPSA) is 32.3 Å². The number of fused-ring (bicyclic) bond motifs is 2. The Labute approximate surface area is 155 Å². The molecule has 2 aliphatic carbocycles. The summed E-state index contributed by atoms with van der Waals surface area (Å²) in [4.78, 5) is 15.6. The van der Waals surface area contributed by atoms with Gasteiger partial charge in [-0.3, -0.25) is 4.79 Å². The highest BCUT2D eigenvalue weighted by Gasteiger charge is 2.46. The summed E-state index contributed by atoms with van der Waals surface area (Å²) in [6.07, 6.45) is 6.12. The fourth-order valence-corrected chi connectivity index (χ4v) is 4.87. The zero-order chi connectivity index (χ0) is 17.7. The van der Waals surface area contributed by atoms with Crippen LogP contribution in [-0.4, -0.2) is 18.0 Å². The Morgan fingerprint density at radius 3 is 2.54 bits per heavy atom. The number of aryl methyl sites for hydroxylation is 1. The van der Waals surface area contributed by atoms with Crippen molar-refractivity contribution in [3.63, 3.8) is 0 Å². The predicted octanol–water partition coefficient (Wildman–Crippen LogP) is 4.62. The van der Waals surface area contributed by atoms with Crippen LogP contribution in [0.1, 0.15) is 59.6 Å². The number of nitrogens with one attached hydrogen (secondary N) is 1. The predicted molar refractivity (Wildman–Crippen MR) is 104 cm³/mol. The number of para-hydroxylation sites is 1. The Bertz CT molecular complexity index is 824. The molecule has 0 bridgehead atoms. The number of rotatable bonds is 3. The summed E-state index contributed by atoms with van der Waals surface area (Å²) in [7, 11) is 0. The third-order valence-electron chi connectivity index (χ3n) is 6.33. The molecule has 26 heavy (non-hydrogen) atoms. The minimum Gasteiger partial charge on any atom is -0.307 e. The Morgan fingerprint density at radius 2 is 1.77 bits per heavy atom. The van der Waals surface area contributed by atoms with E-state index >= 15 is 0 Å². The van der Waals surface area contributed by atoms with E-state index in [0.29, 0.717) is 24.0 Å². The van der Waals surface area contributed by atoms with Crippen molar-refractivity contribution >= 4 is 11.6 Å². The SMILES string of the molecule is Cc1ccc(C(=O)N2c3ccccc3C(NC3CC3)C3CCCC32)cc1. The lowest BCUT2D eigenvalue weighted by Crippen LogP contribution is -2.50. The van der Waals surface area contributed by atoms with Crippen LogP contribution in [-0.2, 0) is 0 Å². The zero-order valence-corrected chi connectivity index (χ0v) is 15.3. The van der Waals surface area contributed by atoms with Gasteiger partial charge in [0.25, 0.3) is 5.91 Å². The summed E-state index contributed by atoms with van der Waals surface area (Å²) in [5.41, 5.74) is 4.40. The van der Waals surface area contributed by atoms with E-state index in [4.69, 9.17) is 0 Å². The second-order valence-electron chi connectivity index (χ2n) is 8.18. The Hall–Kier alpha value is -2.13. The molecule has 1 amide bonds. The first kappa shape index (κ1) is 16.1. The summed E-state index contributed by atoms with van der Waals surface area (Å²) < 4.78 is 0. The molecule has 2 aromatic rings. The van der Waals surface area contributed by atoms with Gasteiger partial charge in [-0.05, 0) is 62.3 Å². The molecule has 0 saturated heterocycles. The molecule has 3 heteroatoms. The van der Waals surface area contributed by atoms with Crippen molar-refractivity contribution < 1.29 is 4.79 Å². The molecule has 3 unspecified atom stereocenters. The number of hydrogen-bond acceptors (Lipinski definition) is 2. The Balaban J connectivity index is 1.57. The molecule has 5 rings (SSSR count). The van der Waals surface area contributed by atoms with Crippen LogP contribution in [0.15, 0.2) is 48.5 Å². The summed E-state index contributed by atoms with van der Waals surface area (Å²) in [5, 5.41) is 3.89. The average Bonchev–Trinajstić information content (AvgIpc) is 3.35. The first-order valence-electron chi connectivity index (χ1n) is 9.97. The van der Waals surface area contributed by atoms with Gasteiger partial charge in [-0.25, -0.2) is 0 Å². The van der Waals surface area contributed by atoms with Crippen molar-refractivity contribution in [2.75, 3.05) is 4.90 Å². The number of carbonyl (C=O) groups excluding carboxylic acids is 1. The Morgan fingerprint density at radius 1 is 1.00 bits per heavy atom. The van der Waals surface area contributed by atoms with Gasteiger partial charge in [0.15, 0.2) is 0 Å². The van der Waals surface area contributed by atoms with E-state index < -0.39 is 0 Å². The lowest BCUT2D eigenvalue weighted by atomic mass is 9.82. The highest BCUT2D eigenvalue weighted by atomic mass is 16.2. The standard InChI is InChI=1S/C23H26N2O/c1-15-9-11-16(12-10-15)23(26)25-20-7-3-2-5-18(20)22(24-17-13-14-17)19-6-4-8-21(19)25/h2-3,5,7,9-12,17,19,21-22,24H,4,6,8,13-14H2,1H3. The smallest absolute Gasteiger partial charge is 0.258 e. The molecule has 2 saturated carbocycles. The van der Waals surface area contributed by atoms with Crippen molar-refractivity contribution in [2.24, 2.45) is 5.92 Å². The molecule has 3 atom stereocenters. The molecule has 0 aromatic heterocycles. The van der Waals surface area contributed by atoms with E-state index in [1.807, 2.05) is 24.3 Å². The first-order valence-corrected chi connectivity index (χ1v) is 9.97. The van der Waals surface area contributed by atoms with Gasteiger partial charge >= 0.3 is 0 Å². The normalized spacial score (nSPS) is 27.1. The molecule has 3 nitrogen and oxygen atoms in total. The van der Waals surface area contributed by atoms with Gasteiger partial charge in [0, 0.05) is 29.4 Å². The molecule has 3 aliphatic rings. The van der Waals surface area contributed by atoms with E-state index in [-0.39, 0.29) is 5.91 Å². The van der Waals surface area contributed by atoms with Gasteiger partial charge < -0.3 is 10.2 Å². The molecule has 2 aromatic carbocycles. The third kappa shape index (κ3) is 2.66. The van der Waals surface area contributed by atoms with Crippen molar-refractivity contribution in [1.82, 2.24) is 5.32 Å². The summed E-state index contributed by atoms with van der Waals surface area (Å²) in [5.74, 6) is 0.680. The van der Waals surface area contributed by atoms with E-state index in [1.54, 1.807) is 0 Å². The van der Waals surface area contributed by atoms with Gasteiger partial charge in [0.1, 0.15) is 0 Å². The molecule has 1 aliphatic heterocycles. The van der Waals surface area contributed by atoms with Gasteiger partial charge in [-0.2, -0.15) is 0 Å². The number of nitrogens with zero attached hydrogens (tertiary/aromatic N) is 1. The maximum atomic E-state index is 13.5. The van der Waals surface area contributed by atoms with Crippen LogP contribution < -0.4 is 10.2 Å². The average molecular weight is 346 g/mol. The van der Waals surface area contributed by atoms with E-state index in [0.717, 1.165) is 17.7 Å². The van der Waals surface area contributed by atoms with E-state index in [2.05, 4.69) is 41.4 Å². The fraction of sp³-hybridized carbons (Fsp3) is 0.435. The zero-order valence-electron chi connectivity index (χ0n) is 15.3. The second-order valence-corrected chi connectivity index (χ2v) is 8.18. The van der Waals surface area contributed by atoms with Crippen LogP contribution in [0.25, 0.3) is 0 Å². The van der Waals surface area contributed by atoms with Crippen LogP contribution in [0.2, 0.25) is 0 Å². The van der Waals surface area contributed by atoms with Crippen LogP contribution in [0.5, 0.6) is 0 Å². The lowest BCUT2D eigenvalue weighted by Gasteiger charge is -2.44. The molecular weight excluding hydrogens is 320 g/mol. The third-order valence-corrected chi connectivity index (χ3v) is 6.33. The highest BCUT2D eigenvalue weighted by Crippen LogP contribution is 2.49. The molecule has 1 N–H and O–H groups in total. The molecule has 2 fully saturated rings. The van der Waals surface area contributed by atoms with Crippen molar-refractivity contribution in [1.29, 1.82) is 0 Å². The van der Waals surface area contributed by atoms with Gasteiger partial charge in [0.05, 0.1) is 0 Å². The molecule has 0 radical (unpaired) electrons. The maximum Gasteiger partial charge on any atom is 0.258 e. The summed E-state index contributed by atoms with van der Waals surface area (Å²) in [6.45, 7) is 2.06. The number of anilines is 1. The monoisotopic (exact) mass is 346 g/mol. The van der Waals surface area contributed by atoms with Crippen LogP contribution in [0.4, 0.5) is 5.69 Å². The van der Waals surface area contributed by atoms with E-state index in [1.165, 1.54) is 36.8 Å². The Kier molecular flexibility index (Phi) is 3.86. The largest absolute Gasteiger partial charge is 0.307 e. The molecule has 0 spiro atoms. The fourth-order valence-electron chi connectivity index (χ4n) is 4.87. The number of carbonyl (C=O) groups is 1. The number of amides is 1. The number of hydrogen-bond donors (Lipinski definition) is 1. The maximum absolute atomic E-state index is 13.5. The van der Waals surface area contributed by atoms with Crippen LogP contribution in [0, 0.1) is 12.8 Å².